The molecule has 1 heterocycles. The molecule has 3 nitrogen and oxygen atoms in total. The van der Waals surface area contributed by atoms with E-state index in [9.17, 15) is 0 Å². The van der Waals surface area contributed by atoms with E-state index in [0.29, 0.717) is 6.54 Å². The number of hydrogen-bond donors (Lipinski definition) is 1. The molecule has 0 aliphatic heterocycles. The van der Waals surface area contributed by atoms with Crippen molar-refractivity contribution in [3.05, 3.63) is 64.8 Å². The van der Waals surface area contributed by atoms with Crippen LogP contribution >= 0.6 is 15.9 Å². The molecule has 0 unspecified atom stereocenters. The highest BCUT2D eigenvalue weighted by atomic mass is 79.9. The molecule has 106 valence electrons. The number of halogens is 1. The predicted molar refractivity (Wildman–Crippen MR) is 88.7 cm³/mol. The van der Waals surface area contributed by atoms with Gasteiger partial charge in [0, 0.05) is 17.6 Å². The number of nitrogens with two attached hydrogens (primary N) is 1. The Kier molecular flexibility index (Phi) is 4.18. The topological polar surface area (TPSA) is 48.1 Å². The van der Waals surface area contributed by atoms with Gasteiger partial charge in [0.05, 0.1) is 9.99 Å². The molecular formula is C17H15BrN2O. The molecule has 0 amide bonds. The molecule has 21 heavy (non-hydrogen) atoms. The average molecular weight is 343 g/mol. The smallest absolute Gasteiger partial charge is 0.141 e. The van der Waals surface area contributed by atoms with Crippen LogP contribution in [0.4, 0.5) is 0 Å². The third kappa shape index (κ3) is 3.23. The molecule has 0 spiro atoms. The van der Waals surface area contributed by atoms with E-state index < -0.39 is 0 Å². The summed E-state index contributed by atoms with van der Waals surface area (Å²) in [6.45, 7) is 0.642. The third-order valence-corrected chi connectivity index (χ3v) is 3.85. The van der Waals surface area contributed by atoms with Gasteiger partial charge in [0.15, 0.2) is 0 Å². The van der Waals surface area contributed by atoms with Crippen LogP contribution in [0.5, 0.6) is 11.5 Å². The minimum absolute atomic E-state index is 0.642. The fourth-order valence-electron chi connectivity index (χ4n) is 2.19. The van der Waals surface area contributed by atoms with Crippen molar-refractivity contribution in [2.45, 2.75) is 6.42 Å². The van der Waals surface area contributed by atoms with Crippen LogP contribution in [-0.2, 0) is 6.42 Å². The normalized spacial score (nSPS) is 10.8. The molecule has 0 fully saturated rings. The summed E-state index contributed by atoms with van der Waals surface area (Å²) in [4.78, 5) is 4.34. The standard InChI is InChI=1S/C17H15BrN2O/c18-15-10-12(7-8-19)3-6-17(15)21-14-5-4-13-2-1-9-20-16(13)11-14/h1-6,9-11H,7-8,19H2. The highest BCUT2D eigenvalue weighted by Crippen LogP contribution is 2.31. The van der Waals surface area contributed by atoms with Crippen LogP contribution in [0.15, 0.2) is 59.2 Å². The second kappa shape index (κ2) is 6.24. The van der Waals surface area contributed by atoms with E-state index in [-0.39, 0.29) is 0 Å². The molecule has 2 aromatic carbocycles. The summed E-state index contributed by atoms with van der Waals surface area (Å²) in [6.07, 6.45) is 2.64. The zero-order chi connectivity index (χ0) is 14.7. The third-order valence-electron chi connectivity index (χ3n) is 3.23. The van der Waals surface area contributed by atoms with Gasteiger partial charge in [-0.2, -0.15) is 0 Å². The van der Waals surface area contributed by atoms with Crippen molar-refractivity contribution in [1.29, 1.82) is 0 Å². The second-order valence-electron chi connectivity index (χ2n) is 4.76. The SMILES string of the molecule is NCCc1ccc(Oc2ccc3cccnc3c2)c(Br)c1. The van der Waals surface area contributed by atoms with Crippen LogP contribution in [0.2, 0.25) is 0 Å². The first-order chi connectivity index (χ1) is 10.3. The van der Waals surface area contributed by atoms with E-state index in [0.717, 1.165) is 33.3 Å². The van der Waals surface area contributed by atoms with Gasteiger partial charge in [-0.05, 0) is 64.8 Å². The number of ether oxygens (including phenoxy) is 1. The Morgan fingerprint density at radius 3 is 2.81 bits per heavy atom. The summed E-state index contributed by atoms with van der Waals surface area (Å²) >= 11 is 3.54. The average Bonchev–Trinajstić information content (AvgIpc) is 2.50. The highest BCUT2D eigenvalue weighted by molar-refractivity contribution is 9.10. The molecule has 3 rings (SSSR count). The van der Waals surface area contributed by atoms with Crippen molar-refractivity contribution < 1.29 is 4.74 Å². The van der Waals surface area contributed by atoms with Crippen LogP contribution in [0.3, 0.4) is 0 Å². The Hall–Kier alpha value is -1.91. The van der Waals surface area contributed by atoms with E-state index in [1.54, 1.807) is 6.20 Å². The van der Waals surface area contributed by atoms with Gasteiger partial charge in [-0.15, -0.1) is 0 Å². The van der Waals surface area contributed by atoms with Crippen LogP contribution in [0, 0.1) is 0 Å². The first kappa shape index (κ1) is 14.0. The first-order valence-corrected chi connectivity index (χ1v) is 7.57. The van der Waals surface area contributed by atoms with E-state index in [4.69, 9.17) is 10.5 Å². The Labute approximate surface area is 131 Å². The summed E-state index contributed by atoms with van der Waals surface area (Å²) < 4.78 is 6.86. The van der Waals surface area contributed by atoms with Crippen molar-refractivity contribution in [3.8, 4) is 11.5 Å². The largest absolute Gasteiger partial charge is 0.456 e. The maximum absolute atomic E-state index is 5.93. The van der Waals surface area contributed by atoms with Crippen molar-refractivity contribution in [3.63, 3.8) is 0 Å². The predicted octanol–water partition coefficient (Wildman–Crippen LogP) is 4.29. The van der Waals surface area contributed by atoms with Gasteiger partial charge in [-0.3, -0.25) is 4.98 Å². The van der Waals surface area contributed by atoms with Gasteiger partial charge in [0.25, 0.3) is 0 Å². The summed E-state index contributed by atoms with van der Waals surface area (Å²) in [5.41, 5.74) is 7.69. The second-order valence-corrected chi connectivity index (χ2v) is 5.62. The minimum atomic E-state index is 0.642. The summed E-state index contributed by atoms with van der Waals surface area (Å²) in [6, 6.07) is 15.9. The van der Waals surface area contributed by atoms with Gasteiger partial charge in [0.2, 0.25) is 0 Å². The highest BCUT2D eigenvalue weighted by Gasteiger charge is 2.05. The Bertz CT molecular complexity index is 774. The molecule has 2 N–H and O–H groups in total. The first-order valence-electron chi connectivity index (χ1n) is 6.77. The Balaban J connectivity index is 1.87. The lowest BCUT2D eigenvalue weighted by Crippen LogP contribution is -2.02. The fraction of sp³-hybridized carbons (Fsp3) is 0.118. The van der Waals surface area contributed by atoms with Crippen molar-refractivity contribution in [1.82, 2.24) is 4.98 Å². The molecule has 0 radical (unpaired) electrons. The molecule has 0 aliphatic carbocycles. The molecule has 0 saturated carbocycles. The maximum Gasteiger partial charge on any atom is 0.141 e. The molecule has 0 bridgehead atoms. The fourth-order valence-corrected chi connectivity index (χ4v) is 2.69. The van der Waals surface area contributed by atoms with Gasteiger partial charge in [-0.1, -0.05) is 12.1 Å². The van der Waals surface area contributed by atoms with E-state index in [1.165, 1.54) is 5.56 Å². The number of benzene rings is 2. The molecule has 4 heteroatoms. The Morgan fingerprint density at radius 2 is 2.00 bits per heavy atom. The van der Waals surface area contributed by atoms with Crippen molar-refractivity contribution >= 4 is 26.8 Å². The van der Waals surface area contributed by atoms with Gasteiger partial charge in [-0.25, -0.2) is 0 Å². The minimum Gasteiger partial charge on any atom is -0.456 e. The number of fused-ring (bicyclic) bond motifs is 1. The van der Waals surface area contributed by atoms with Gasteiger partial charge >= 0.3 is 0 Å². The van der Waals surface area contributed by atoms with Crippen LogP contribution in [-0.4, -0.2) is 11.5 Å². The van der Waals surface area contributed by atoms with Crippen LogP contribution in [0.25, 0.3) is 10.9 Å². The van der Waals surface area contributed by atoms with E-state index in [1.807, 2.05) is 48.5 Å². The number of aromatic nitrogens is 1. The van der Waals surface area contributed by atoms with Crippen LogP contribution < -0.4 is 10.5 Å². The molecule has 0 atom stereocenters. The maximum atomic E-state index is 5.93. The van der Waals surface area contributed by atoms with Gasteiger partial charge in [0.1, 0.15) is 11.5 Å². The zero-order valence-corrected chi connectivity index (χ0v) is 13.0. The number of hydrogen-bond acceptors (Lipinski definition) is 3. The quantitative estimate of drug-likeness (QED) is 0.769. The summed E-state index contributed by atoms with van der Waals surface area (Å²) in [5.74, 6) is 1.56. The summed E-state index contributed by atoms with van der Waals surface area (Å²) in [5, 5.41) is 1.10. The van der Waals surface area contributed by atoms with Crippen molar-refractivity contribution in [2.24, 2.45) is 5.73 Å². The monoisotopic (exact) mass is 342 g/mol. The lowest BCUT2D eigenvalue weighted by atomic mass is 10.1. The van der Waals surface area contributed by atoms with Crippen LogP contribution in [0.1, 0.15) is 5.56 Å². The molecule has 1 aromatic heterocycles. The molecule has 0 aliphatic rings. The molecule has 3 aromatic rings. The lowest BCUT2D eigenvalue weighted by molar-refractivity contribution is 0.480. The number of pyridine rings is 1. The lowest BCUT2D eigenvalue weighted by Gasteiger charge is -2.10. The number of nitrogens with zero attached hydrogens (tertiary/aromatic N) is 1. The van der Waals surface area contributed by atoms with Crippen molar-refractivity contribution in [2.75, 3.05) is 6.54 Å². The number of rotatable bonds is 4. The van der Waals surface area contributed by atoms with Gasteiger partial charge < -0.3 is 10.5 Å². The molecular weight excluding hydrogens is 328 g/mol. The Morgan fingerprint density at radius 1 is 1.10 bits per heavy atom. The van der Waals surface area contributed by atoms with E-state index in [2.05, 4.69) is 20.9 Å². The van der Waals surface area contributed by atoms with E-state index >= 15 is 0 Å². The zero-order valence-electron chi connectivity index (χ0n) is 11.4. The molecule has 0 saturated heterocycles. The summed E-state index contributed by atoms with van der Waals surface area (Å²) in [7, 11) is 0.